The number of aliphatic hydroxyl groups is 1. The van der Waals surface area contributed by atoms with Crippen LogP contribution in [0.2, 0.25) is 0 Å². The van der Waals surface area contributed by atoms with Crippen LogP contribution in [-0.4, -0.2) is 28.6 Å². The molecule has 1 aromatic carbocycles. The summed E-state index contributed by atoms with van der Waals surface area (Å²) >= 11 is 0. The molecule has 1 atom stereocenters. The third-order valence-corrected chi connectivity index (χ3v) is 2.05. The third-order valence-electron chi connectivity index (χ3n) is 2.05. The van der Waals surface area contributed by atoms with E-state index in [1.807, 2.05) is 0 Å². The number of aliphatic hydroxyl groups excluding tert-OH is 1. The number of hydrogen-bond acceptors (Lipinski definition) is 4. The van der Waals surface area contributed by atoms with Gasteiger partial charge in [-0.2, -0.15) is 0 Å². The van der Waals surface area contributed by atoms with Gasteiger partial charge in [-0.05, 0) is 19.1 Å². The van der Waals surface area contributed by atoms with Crippen molar-refractivity contribution in [1.29, 1.82) is 0 Å². The zero-order chi connectivity index (χ0) is 13.0. The lowest BCUT2D eigenvalue weighted by molar-refractivity contribution is -0.385. The van der Waals surface area contributed by atoms with E-state index in [1.165, 1.54) is 6.92 Å². The number of nitrogens with zero attached hydrogens (tertiary/aromatic N) is 1. The molecule has 0 radical (unpaired) electrons. The van der Waals surface area contributed by atoms with E-state index < -0.39 is 28.4 Å². The van der Waals surface area contributed by atoms with Crippen LogP contribution in [0.1, 0.15) is 17.3 Å². The minimum Gasteiger partial charge on any atom is -0.394 e. The highest BCUT2D eigenvalue weighted by atomic mass is 19.1. The van der Waals surface area contributed by atoms with E-state index in [0.717, 1.165) is 12.1 Å². The van der Waals surface area contributed by atoms with Gasteiger partial charge >= 0.3 is 0 Å². The molecule has 1 amide bonds. The lowest BCUT2D eigenvalue weighted by atomic mass is 10.1. The van der Waals surface area contributed by atoms with Crippen molar-refractivity contribution in [1.82, 2.24) is 5.32 Å². The van der Waals surface area contributed by atoms with Crippen LogP contribution in [0.15, 0.2) is 18.2 Å². The molecule has 0 bridgehead atoms. The molecule has 17 heavy (non-hydrogen) atoms. The van der Waals surface area contributed by atoms with E-state index in [-0.39, 0.29) is 12.2 Å². The zero-order valence-electron chi connectivity index (χ0n) is 9.01. The number of amides is 1. The van der Waals surface area contributed by atoms with Crippen LogP contribution < -0.4 is 5.32 Å². The van der Waals surface area contributed by atoms with Gasteiger partial charge in [-0.3, -0.25) is 14.9 Å². The normalized spacial score (nSPS) is 11.9. The largest absolute Gasteiger partial charge is 0.394 e. The Morgan fingerprint density at radius 1 is 1.65 bits per heavy atom. The molecule has 0 aliphatic carbocycles. The first-order chi connectivity index (χ1) is 7.95. The fourth-order valence-corrected chi connectivity index (χ4v) is 1.20. The maximum absolute atomic E-state index is 12.8. The summed E-state index contributed by atoms with van der Waals surface area (Å²) in [5, 5.41) is 21.7. The van der Waals surface area contributed by atoms with Crippen molar-refractivity contribution in [3.05, 3.63) is 39.7 Å². The van der Waals surface area contributed by atoms with Crippen LogP contribution >= 0.6 is 0 Å². The summed E-state index contributed by atoms with van der Waals surface area (Å²) in [5.41, 5.74) is -0.843. The number of rotatable bonds is 4. The van der Waals surface area contributed by atoms with Gasteiger partial charge in [0.05, 0.1) is 17.6 Å². The minimum atomic E-state index is -0.832. The molecule has 0 aromatic heterocycles. The highest BCUT2D eigenvalue weighted by Crippen LogP contribution is 2.19. The van der Waals surface area contributed by atoms with Gasteiger partial charge in [0.15, 0.2) is 0 Å². The van der Waals surface area contributed by atoms with Gasteiger partial charge in [0.25, 0.3) is 11.6 Å². The van der Waals surface area contributed by atoms with Crippen molar-refractivity contribution in [2.45, 2.75) is 13.0 Å². The van der Waals surface area contributed by atoms with E-state index in [2.05, 4.69) is 5.32 Å². The quantitative estimate of drug-likeness (QED) is 0.604. The Balaban J connectivity index is 3.04. The lowest BCUT2D eigenvalue weighted by Crippen LogP contribution is -2.35. The molecule has 0 heterocycles. The van der Waals surface area contributed by atoms with Crippen molar-refractivity contribution in [2.24, 2.45) is 0 Å². The number of carbonyl (C=O) groups is 1. The van der Waals surface area contributed by atoms with Crippen LogP contribution in [-0.2, 0) is 0 Å². The predicted octanol–water partition coefficient (Wildman–Crippen LogP) is 0.845. The zero-order valence-corrected chi connectivity index (χ0v) is 9.01. The molecular weight excluding hydrogens is 231 g/mol. The van der Waals surface area contributed by atoms with Gasteiger partial charge in [-0.1, -0.05) is 0 Å². The Hall–Kier alpha value is -2.02. The summed E-state index contributed by atoms with van der Waals surface area (Å²) in [5.74, 6) is -1.51. The summed E-state index contributed by atoms with van der Waals surface area (Å²) in [7, 11) is 0. The molecule has 0 aliphatic heterocycles. The smallest absolute Gasteiger partial charge is 0.285 e. The van der Waals surface area contributed by atoms with Crippen LogP contribution in [0, 0.1) is 15.9 Å². The maximum Gasteiger partial charge on any atom is 0.285 e. The van der Waals surface area contributed by atoms with Crippen molar-refractivity contribution < 1.29 is 19.2 Å². The van der Waals surface area contributed by atoms with Gasteiger partial charge in [-0.25, -0.2) is 4.39 Å². The first kappa shape index (κ1) is 13.0. The van der Waals surface area contributed by atoms with Gasteiger partial charge in [0, 0.05) is 6.04 Å². The van der Waals surface area contributed by atoms with E-state index in [4.69, 9.17) is 5.11 Å². The van der Waals surface area contributed by atoms with Gasteiger partial charge in [-0.15, -0.1) is 0 Å². The number of nitrogens with one attached hydrogen (secondary N) is 1. The molecule has 7 heteroatoms. The summed E-state index contributed by atoms with van der Waals surface area (Å²) in [6.45, 7) is 1.24. The molecule has 2 N–H and O–H groups in total. The van der Waals surface area contributed by atoms with Crippen molar-refractivity contribution in [3.8, 4) is 0 Å². The van der Waals surface area contributed by atoms with Crippen LogP contribution in [0.25, 0.3) is 0 Å². The monoisotopic (exact) mass is 242 g/mol. The molecule has 0 aliphatic rings. The third kappa shape index (κ3) is 3.22. The van der Waals surface area contributed by atoms with Crippen molar-refractivity contribution >= 4 is 11.6 Å². The van der Waals surface area contributed by atoms with Crippen LogP contribution in [0.4, 0.5) is 10.1 Å². The predicted molar refractivity (Wildman–Crippen MR) is 57.1 cm³/mol. The van der Waals surface area contributed by atoms with Gasteiger partial charge < -0.3 is 10.4 Å². The number of hydrogen-bond donors (Lipinski definition) is 2. The molecule has 1 rings (SSSR count). The fourth-order valence-electron chi connectivity index (χ4n) is 1.20. The Kier molecular flexibility index (Phi) is 4.11. The Morgan fingerprint density at radius 3 is 2.82 bits per heavy atom. The van der Waals surface area contributed by atoms with Gasteiger partial charge in [0.1, 0.15) is 11.4 Å². The average Bonchev–Trinajstić information content (AvgIpc) is 2.28. The van der Waals surface area contributed by atoms with E-state index in [0.29, 0.717) is 6.07 Å². The van der Waals surface area contributed by atoms with Crippen LogP contribution in [0.3, 0.4) is 0 Å². The van der Waals surface area contributed by atoms with Gasteiger partial charge in [0.2, 0.25) is 0 Å². The lowest BCUT2D eigenvalue weighted by Gasteiger charge is -2.10. The molecule has 1 aromatic rings. The van der Waals surface area contributed by atoms with E-state index in [1.54, 1.807) is 0 Å². The average molecular weight is 242 g/mol. The number of nitro groups is 1. The molecule has 0 unspecified atom stereocenters. The first-order valence-corrected chi connectivity index (χ1v) is 4.81. The summed E-state index contributed by atoms with van der Waals surface area (Å²) < 4.78 is 12.8. The second-order valence-corrected chi connectivity index (χ2v) is 3.48. The number of nitro benzene ring substituents is 1. The summed E-state index contributed by atoms with van der Waals surface area (Å²) in [4.78, 5) is 21.4. The molecular formula is C10H11FN2O4. The summed E-state index contributed by atoms with van der Waals surface area (Å²) in [6, 6.07) is 2.14. The fraction of sp³-hybridized carbons (Fsp3) is 0.300. The van der Waals surface area contributed by atoms with Crippen molar-refractivity contribution in [3.63, 3.8) is 0 Å². The SMILES string of the molecule is C[C@@H](CO)NC(=O)c1ccc(F)cc1[N+](=O)[O-]. The minimum absolute atomic E-state index is 0.239. The first-order valence-electron chi connectivity index (χ1n) is 4.81. The molecule has 0 saturated heterocycles. The number of benzene rings is 1. The Bertz CT molecular complexity index is 450. The molecule has 92 valence electrons. The maximum atomic E-state index is 12.8. The Morgan fingerprint density at radius 2 is 2.29 bits per heavy atom. The Labute approximate surface area is 96.2 Å². The summed E-state index contributed by atoms with van der Waals surface area (Å²) in [6.07, 6.45) is 0. The van der Waals surface area contributed by atoms with Crippen LogP contribution in [0.5, 0.6) is 0 Å². The van der Waals surface area contributed by atoms with Crippen molar-refractivity contribution in [2.75, 3.05) is 6.61 Å². The number of carbonyl (C=O) groups excluding carboxylic acids is 1. The highest BCUT2D eigenvalue weighted by molar-refractivity contribution is 5.98. The molecule has 0 spiro atoms. The second-order valence-electron chi connectivity index (χ2n) is 3.48. The molecule has 0 fully saturated rings. The number of halogens is 1. The topological polar surface area (TPSA) is 92.5 Å². The second kappa shape index (κ2) is 5.35. The van der Waals surface area contributed by atoms with E-state index in [9.17, 15) is 19.3 Å². The van der Waals surface area contributed by atoms with E-state index >= 15 is 0 Å². The molecule has 0 saturated carbocycles. The highest BCUT2D eigenvalue weighted by Gasteiger charge is 2.21. The standard InChI is InChI=1S/C10H11FN2O4/c1-6(5-14)12-10(15)8-3-2-7(11)4-9(8)13(16)17/h2-4,6,14H,5H2,1H3,(H,12,15)/t6-/m0/s1. The molecule has 6 nitrogen and oxygen atoms in total.